The van der Waals surface area contributed by atoms with E-state index in [9.17, 15) is 38.1 Å². The number of nitrogens with zero attached hydrogens (tertiary/aromatic N) is 5. The van der Waals surface area contributed by atoms with Crippen LogP contribution in [0.1, 0.15) is 38.1 Å². The largest absolute Gasteiger partial charge is 0.394 e. The van der Waals surface area contributed by atoms with Gasteiger partial charge in [0.25, 0.3) is 5.91 Å². The molecule has 8 atom stereocenters. The summed E-state index contributed by atoms with van der Waals surface area (Å²) in [5.41, 5.74) is 0.0115. The summed E-state index contributed by atoms with van der Waals surface area (Å²) in [7, 11) is 0. The first-order valence-corrected chi connectivity index (χ1v) is 17.5. The van der Waals surface area contributed by atoms with Crippen molar-refractivity contribution in [1.82, 2.24) is 24.8 Å². The molecule has 2 aliphatic heterocycles. The Kier molecular flexibility index (Phi) is 12.0. The molecule has 2 aliphatic carbocycles. The summed E-state index contributed by atoms with van der Waals surface area (Å²) in [5.74, 6) is -5.77. The number of carbonyl (C=O) groups excluding carboxylic acids is 2. The fourth-order valence-corrected chi connectivity index (χ4v) is 7.62. The van der Waals surface area contributed by atoms with E-state index in [-0.39, 0.29) is 11.3 Å². The molecule has 2 amide bonds. The predicted molar refractivity (Wildman–Crippen MR) is 175 cm³/mol. The van der Waals surface area contributed by atoms with Crippen LogP contribution in [-0.2, 0) is 23.8 Å². The Labute approximate surface area is 301 Å². The normalized spacial score (nSPS) is 30.1. The van der Waals surface area contributed by atoms with E-state index < -0.39 is 90.5 Å². The zero-order valence-electron chi connectivity index (χ0n) is 27.3. The van der Waals surface area contributed by atoms with E-state index in [4.69, 9.17) is 37.4 Å². The fraction of sp³-hybridized carbons (Fsp3) is 0.576. The molecule has 2 saturated heterocycles. The van der Waals surface area contributed by atoms with E-state index in [1.165, 1.54) is 16.0 Å². The van der Waals surface area contributed by atoms with E-state index in [0.717, 1.165) is 23.2 Å². The molecular weight excluding hydrogens is 722 g/mol. The van der Waals surface area contributed by atoms with Crippen molar-refractivity contribution in [2.75, 3.05) is 39.5 Å². The van der Waals surface area contributed by atoms with Crippen LogP contribution < -0.4 is 0 Å². The van der Waals surface area contributed by atoms with Crippen LogP contribution in [0.15, 0.2) is 41.2 Å². The second-order valence-corrected chi connectivity index (χ2v) is 13.9. The molecule has 3 N–H and O–H groups in total. The molecule has 2 aromatic rings. The second-order valence-electron chi connectivity index (χ2n) is 12.9. The average Bonchev–Trinajstić information content (AvgIpc) is 3.60. The zero-order chi connectivity index (χ0) is 36.4. The van der Waals surface area contributed by atoms with Crippen molar-refractivity contribution in [2.45, 2.75) is 80.1 Å². The highest BCUT2D eigenvalue weighted by molar-refractivity contribution is 6.31. The van der Waals surface area contributed by atoms with Crippen molar-refractivity contribution in [3.8, 4) is 11.3 Å². The Morgan fingerprint density at radius 3 is 2.47 bits per heavy atom. The molecule has 278 valence electrons. The van der Waals surface area contributed by atoms with E-state index >= 15 is 0 Å². The number of aliphatic hydroxyl groups excluding tert-OH is 3. The van der Waals surface area contributed by atoms with Crippen LogP contribution in [0.3, 0.4) is 0 Å². The monoisotopic (exact) mass is 759 g/mol. The van der Waals surface area contributed by atoms with E-state index in [1.807, 2.05) is 0 Å². The van der Waals surface area contributed by atoms with Crippen LogP contribution in [-0.4, -0.2) is 133 Å². The third kappa shape index (κ3) is 8.13. The molecule has 3 heterocycles. The Balaban J connectivity index is 1.41. The van der Waals surface area contributed by atoms with Gasteiger partial charge in [-0.25, -0.2) is 17.9 Å². The van der Waals surface area contributed by atoms with Gasteiger partial charge in [0.2, 0.25) is 5.91 Å². The minimum atomic E-state index is -1.67. The van der Waals surface area contributed by atoms with Crippen molar-refractivity contribution >= 4 is 35.0 Å². The summed E-state index contributed by atoms with van der Waals surface area (Å²) in [6.45, 7) is -0.0924. The van der Waals surface area contributed by atoms with Crippen molar-refractivity contribution in [3.63, 3.8) is 0 Å². The molecule has 0 bridgehead atoms. The Bertz CT molecular complexity index is 1640. The number of allylic oxidation sites excluding steroid dienone is 3. The van der Waals surface area contributed by atoms with Gasteiger partial charge in [-0.05, 0) is 37.1 Å². The van der Waals surface area contributed by atoms with Gasteiger partial charge in [-0.3, -0.25) is 9.59 Å². The standard InChI is InChI=1S/C33H38Cl2F3N5O8/c34-18-11-19(35)13-20(12-18)43(24-3-1-2-4-25(24)45)33(48)32-31(50-16-27(46)41-5-7-49-8-6-41)29(30(47)26(15-44)51-32)42-14-23(39-40-42)17-9-21(36)28(38)22(37)10-17/h9-10,12-14,18,24-26,29-32,44-45,47H,1-8,11,15-16H2/t18?,24-,25-,26+,29-,30-,31+,32+/m0/s1. The summed E-state index contributed by atoms with van der Waals surface area (Å²) in [5, 5.41) is 40.9. The highest BCUT2D eigenvalue weighted by Crippen LogP contribution is 2.38. The van der Waals surface area contributed by atoms with Crippen molar-refractivity contribution in [2.24, 2.45) is 0 Å². The summed E-state index contributed by atoms with van der Waals surface area (Å²) in [6.07, 6.45) is -0.0754. The Morgan fingerprint density at radius 1 is 1.10 bits per heavy atom. The number of morpholine rings is 1. The minimum absolute atomic E-state index is 0.120. The lowest BCUT2D eigenvalue weighted by Gasteiger charge is -2.47. The van der Waals surface area contributed by atoms with Crippen LogP contribution >= 0.6 is 23.2 Å². The molecule has 1 saturated carbocycles. The number of amides is 2. The number of hydrogen-bond acceptors (Lipinski definition) is 10. The molecule has 3 fully saturated rings. The third-order valence-corrected chi connectivity index (χ3v) is 10.1. The van der Waals surface area contributed by atoms with E-state index in [2.05, 4.69) is 10.3 Å². The number of benzene rings is 1. The van der Waals surface area contributed by atoms with Crippen molar-refractivity contribution < 1.29 is 52.3 Å². The first kappa shape index (κ1) is 37.7. The van der Waals surface area contributed by atoms with Crippen LogP contribution in [0.4, 0.5) is 13.2 Å². The molecule has 1 aromatic heterocycles. The number of aromatic nitrogens is 3. The molecular formula is C33H38Cl2F3N5O8. The lowest BCUT2D eigenvalue weighted by Crippen LogP contribution is -2.63. The summed E-state index contributed by atoms with van der Waals surface area (Å²) in [6, 6.07) is -0.673. The number of carbonyl (C=O) groups is 2. The minimum Gasteiger partial charge on any atom is -0.394 e. The number of halogens is 5. The SMILES string of the molecule is O=C(CO[C@@H]1[C@@H](n2cc(-c3cc(F)c(F)c(F)c3)nn2)[C@@H](O)[C@@H](CO)O[C@H]1C(=O)N(C1=CC(Cl)CC(Cl)=C1)[C@H]1CCCC[C@@H]1O)N1CCOCC1. The van der Waals surface area contributed by atoms with Gasteiger partial charge >= 0.3 is 0 Å². The molecule has 1 unspecified atom stereocenters. The highest BCUT2D eigenvalue weighted by atomic mass is 35.5. The van der Waals surface area contributed by atoms with Gasteiger partial charge in [0, 0.05) is 35.8 Å². The van der Waals surface area contributed by atoms with Crippen molar-refractivity contribution in [1.29, 1.82) is 0 Å². The van der Waals surface area contributed by atoms with Crippen LogP contribution in [0, 0.1) is 17.5 Å². The molecule has 0 spiro atoms. The lowest BCUT2D eigenvalue weighted by atomic mass is 9.88. The second kappa shape index (κ2) is 16.3. The van der Waals surface area contributed by atoms with E-state index in [0.29, 0.717) is 62.7 Å². The van der Waals surface area contributed by atoms with Crippen LogP contribution in [0.25, 0.3) is 11.3 Å². The fourth-order valence-electron chi connectivity index (χ4n) is 6.97. The molecule has 4 aliphatic rings. The smallest absolute Gasteiger partial charge is 0.259 e. The first-order chi connectivity index (χ1) is 24.5. The summed E-state index contributed by atoms with van der Waals surface area (Å²) >= 11 is 12.9. The van der Waals surface area contributed by atoms with Crippen LogP contribution in [0.5, 0.6) is 0 Å². The van der Waals surface area contributed by atoms with Gasteiger partial charge in [0.15, 0.2) is 23.6 Å². The molecule has 13 nitrogen and oxygen atoms in total. The predicted octanol–water partition coefficient (Wildman–Crippen LogP) is 2.42. The van der Waals surface area contributed by atoms with Crippen molar-refractivity contribution in [3.05, 3.63) is 58.7 Å². The summed E-state index contributed by atoms with van der Waals surface area (Å²) in [4.78, 5) is 31.1. The van der Waals surface area contributed by atoms with Gasteiger partial charge in [0.1, 0.15) is 36.7 Å². The lowest BCUT2D eigenvalue weighted by molar-refractivity contribution is -0.223. The maximum absolute atomic E-state index is 14.9. The summed E-state index contributed by atoms with van der Waals surface area (Å²) < 4.78 is 60.7. The topological polar surface area (TPSA) is 160 Å². The highest BCUT2D eigenvalue weighted by Gasteiger charge is 2.53. The Morgan fingerprint density at radius 2 is 1.80 bits per heavy atom. The Hall–Kier alpha value is -3.09. The number of ether oxygens (including phenoxy) is 3. The molecule has 6 rings (SSSR count). The third-order valence-electron chi connectivity index (χ3n) is 9.56. The number of alkyl halides is 1. The maximum atomic E-state index is 14.9. The molecule has 18 heteroatoms. The van der Waals surface area contributed by atoms with Crippen LogP contribution in [0.2, 0.25) is 0 Å². The molecule has 51 heavy (non-hydrogen) atoms. The average molecular weight is 761 g/mol. The quantitative estimate of drug-likeness (QED) is 0.256. The van der Waals surface area contributed by atoms with Gasteiger partial charge in [0.05, 0.1) is 43.5 Å². The first-order valence-electron chi connectivity index (χ1n) is 16.7. The van der Waals surface area contributed by atoms with Gasteiger partial charge in [-0.15, -0.1) is 16.7 Å². The van der Waals surface area contributed by atoms with E-state index in [1.54, 1.807) is 12.2 Å². The maximum Gasteiger partial charge on any atom is 0.259 e. The van der Waals surface area contributed by atoms with Gasteiger partial charge < -0.3 is 39.3 Å². The molecule has 0 radical (unpaired) electrons. The number of aliphatic hydroxyl groups is 3. The van der Waals surface area contributed by atoms with Gasteiger partial charge in [-0.2, -0.15) is 0 Å². The number of rotatable bonds is 9. The number of hydrogen-bond donors (Lipinski definition) is 3. The molecule has 1 aromatic carbocycles. The zero-order valence-corrected chi connectivity index (χ0v) is 28.8. The van der Waals surface area contributed by atoms with Gasteiger partial charge in [-0.1, -0.05) is 29.7 Å².